The van der Waals surface area contributed by atoms with Crippen LogP contribution in [-0.2, 0) is 6.42 Å². The van der Waals surface area contributed by atoms with E-state index >= 15 is 0 Å². The largest absolute Gasteiger partial charge is 0.492 e. The Labute approximate surface area is 207 Å². The van der Waals surface area contributed by atoms with Crippen molar-refractivity contribution >= 4 is 16.7 Å². The van der Waals surface area contributed by atoms with Gasteiger partial charge in [-0.3, -0.25) is 0 Å². The van der Waals surface area contributed by atoms with Gasteiger partial charge in [-0.05, 0) is 55.7 Å². The highest BCUT2D eigenvalue weighted by molar-refractivity contribution is 5.84. The predicted molar refractivity (Wildman–Crippen MR) is 145 cm³/mol. The second-order valence-corrected chi connectivity index (χ2v) is 8.86. The van der Waals surface area contributed by atoms with Crippen molar-refractivity contribution in [1.82, 2.24) is 9.97 Å². The summed E-state index contributed by atoms with van der Waals surface area (Å²) in [5.41, 5.74) is 7.94. The molecule has 35 heavy (non-hydrogen) atoms. The third-order valence-corrected chi connectivity index (χ3v) is 6.30. The quantitative estimate of drug-likeness (QED) is 0.256. The van der Waals surface area contributed by atoms with Crippen molar-refractivity contribution in [2.75, 3.05) is 24.6 Å². The lowest BCUT2D eigenvalue weighted by Gasteiger charge is -2.23. The van der Waals surface area contributed by atoms with Crippen LogP contribution in [0.25, 0.3) is 22.4 Å². The fourth-order valence-electron chi connectivity index (χ4n) is 4.51. The van der Waals surface area contributed by atoms with Crippen LogP contribution in [0.3, 0.4) is 0 Å². The minimum atomic E-state index is 0.609. The second kappa shape index (κ2) is 10.5. The number of aromatic nitrogens is 2. The Balaban J connectivity index is 1.43. The van der Waals surface area contributed by atoms with Gasteiger partial charge in [0.25, 0.3) is 0 Å². The number of benzene rings is 4. The first-order chi connectivity index (χ1) is 17.2. The molecule has 0 fully saturated rings. The molecule has 0 saturated heterocycles. The molecule has 0 spiro atoms. The van der Waals surface area contributed by atoms with E-state index in [0.29, 0.717) is 6.61 Å². The number of rotatable bonds is 9. The fraction of sp³-hybridized carbons (Fsp3) is 0.194. The van der Waals surface area contributed by atoms with Crippen LogP contribution >= 0.6 is 0 Å². The van der Waals surface area contributed by atoms with Crippen molar-refractivity contribution in [3.05, 3.63) is 114 Å². The number of fused-ring (bicyclic) bond motifs is 1. The highest BCUT2D eigenvalue weighted by Crippen LogP contribution is 2.29. The molecule has 176 valence electrons. The highest BCUT2D eigenvalue weighted by Gasteiger charge is 2.13. The van der Waals surface area contributed by atoms with E-state index in [4.69, 9.17) is 9.72 Å². The zero-order valence-electron chi connectivity index (χ0n) is 20.4. The first-order valence-electron chi connectivity index (χ1n) is 12.3. The number of H-pyrrole nitrogens is 1. The van der Waals surface area contributed by atoms with E-state index in [1.54, 1.807) is 0 Å². The fourth-order valence-corrected chi connectivity index (χ4v) is 4.51. The normalized spacial score (nSPS) is 11.0. The number of anilines is 1. The molecule has 0 saturated carbocycles. The first kappa shape index (κ1) is 22.7. The summed E-state index contributed by atoms with van der Waals surface area (Å²) in [6.45, 7) is 6.65. The summed E-state index contributed by atoms with van der Waals surface area (Å²) in [6, 6.07) is 33.7. The summed E-state index contributed by atoms with van der Waals surface area (Å²) < 4.78 is 6.29. The van der Waals surface area contributed by atoms with E-state index in [2.05, 4.69) is 115 Å². The van der Waals surface area contributed by atoms with Crippen molar-refractivity contribution in [3.63, 3.8) is 0 Å². The monoisotopic (exact) mass is 461 g/mol. The summed E-state index contributed by atoms with van der Waals surface area (Å²) in [6.07, 6.45) is 0.803. The van der Waals surface area contributed by atoms with Crippen molar-refractivity contribution in [1.29, 1.82) is 0 Å². The van der Waals surface area contributed by atoms with Crippen molar-refractivity contribution in [2.24, 2.45) is 0 Å². The van der Waals surface area contributed by atoms with Crippen LogP contribution < -0.4 is 9.64 Å². The lowest BCUT2D eigenvalue weighted by molar-refractivity contribution is 0.324. The highest BCUT2D eigenvalue weighted by atomic mass is 16.5. The van der Waals surface area contributed by atoms with Crippen molar-refractivity contribution < 1.29 is 4.74 Å². The average Bonchev–Trinajstić information content (AvgIpc) is 3.33. The molecular weight excluding hydrogens is 430 g/mol. The molecule has 5 rings (SSSR count). The minimum Gasteiger partial charge on any atom is -0.492 e. The van der Waals surface area contributed by atoms with Crippen LogP contribution in [0.15, 0.2) is 97.1 Å². The number of nitrogens with zero attached hydrogens (tertiary/aromatic N) is 2. The smallest absolute Gasteiger partial charge is 0.138 e. The third-order valence-electron chi connectivity index (χ3n) is 6.30. The molecule has 0 radical (unpaired) electrons. The lowest BCUT2D eigenvalue weighted by atomic mass is 10.0. The zero-order valence-corrected chi connectivity index (χ0v) is 20.4. The van der Waals surface area contributed by atoms with Gasteiger partial charge in [0.15, 0.2) is 0 Å². The summed E-state index contributed by atoms with van der Waals surface area (Å²) in [5.74, 6) is 1.75. The van der Waals surface area contributed by atoms with Gasteiger partial charge in [-0.2, -0.15) is 0 Å². The average molecular weight is 462 g/mol. The van der Waals surface area contributed by atoms with Gasteiger partial charge in [-0.15, -0.1) is 0 Å². The number of aromatic amines is 1. The first-order valence-corrected chi connectivity index (χ1v) is 12.3. The zero-order chi connectivity index (χ0) is 24.0. The number of imidazole rings is 1. The van der Waals surface area contributed by atoms with Crippen molar-refractivity contribution in [2.45, 2.75) is 20.3 Å². The molecule has 0 aliphatic carbocycles. The maximum atomic E-state index is 6.29. The molecule has 5 aromatic rings. The Hall–Kier alpha value is -4.05. The molecule has 0 amide bonds. The number of hydrogen-bond acceptors (Lipinski definition) is 3. The van der Waals surface area contributed by atoms with Crippen LogP contribution in [0.2, 0.25) is 0 Å². The van der Waals surface area contributed by atoms with Gasteiger partial charge < -0.3 is 14.6 Å². The molecule has 0 unspecified atom stereocenters. The van der Waals surface area contributed by atoms with Crippen LogP contribution in [-0.4, -0.2) is 29.7 Å². The summed E-state index contributed by atoms with van der Waals surface area (Å²) in [5, 5.41) is 0. The maximum Gasteiger partial charge on any atom is 0.138 e. The molecule has 0 aliphatic heterocycles. The van der Waals surface area contributed by atoms with Gasteiger partial charge in [0.05, 0.1) is 17.6 Å². The molecule has 0 bridgehead atoms. The van der Waals surface area contributed by atoms with Gasteiger partial charge in [0.1, 0.15) is 18.2 Å². The van der Waals surface area contributed by atoms with Gasteiger partial charge in [0.2, 0.25) is 0 Å². The van der Waals surface area contributed by atoms with E-state index in [1.807, 2.05) is 6.07 Å². The molecule has 1 aromatic heterocycles. The van der Waals surface area contributed by atoms with Gasteiger partial charge in [-0.25, -0.2) is 4.98 Å². The number of hydrogen-bond donors (Lipinski definition) is 1. The molecule has 1 heterocycles. The number of likely N-dealkylation sites (N-methyl/N-ethyl adjacent to an activating group) is 1. The Bertz CT molecular complexity index is 1390. The number of nitrogens with one attached hydrogen (secondary N) is 1. The van der Waals surface area contributed by atoms with Crippen LogP contribution in [0, 0.1) is 6.92 Å². The Kier molecular flexibility index (Phi) is 6.80. The summed E-state index contributed by atoms with van der Waals surface area (Å²) >= 11 is 0. The van der Waals surface area contributed by atoms with Gasteiger partial charge in [-0.1, -0.05) is 72.3 Å². The molecule has 4 nitrogen and oxygen atoms in total. The molecule has 1 N–H and O–H groups in total. The van der Waals surface area contributed by atoms with E-state index in [0.717, 1.165) is 53.2 Å². The SMILES string of the molecule is CCN(CCOc1cc(Cc2ccccc2)c2nc(-c3cccc(C)c3)[nH]c2c1)c1ccccc1. The van der Waals surface area contributed by atoms with Gasteiger partial charge in [0, 0.05) is 23.9 Å². The standard InChI is InChI=1S/C31H31N3O/c1-3-34(27-15-8-5-9-16-27)17-18-35-28-21-26(20-24-12-6-4-7-13-24)30-29(22-28)32-31(33-30)25-14-10-11-23(2)19-25/h4-16,19,21-22H,3,17-18,20H2,1-2H3,(H,32,33). The molecule has 4 aromatic carbocycles. The van der Waals surface area contributed by atoms with Crippen LogP contribution in [0.5, 0.6) is 5.75 Å². The van der Waals surface area contributed by atoms with E-state index in [-0.39, 0.29) is 0 Å². The minimum absolute atomic E-state index is 0.609. The Morgan fingerprint density at radius 2 is 1.63 bits per heavy atom. The number of ether oxygens (including phenoxy) is 1. The molecular formula is C31H31N3O. The predicted octanol–water partition coefficient (Wildman–Crippen LogP) is 7.03. The van der Waals surface area contributed by atoms with E-state index in [1.165, 1.54) is 16.8 Å². The molecule has 0 atom stereocenters. The summed E-state index contributed by atoms with van der Waals surface area (Å²) in [7, 11) is 0. The lowest BCUT2D eigenvalue weighted by Crippen LogP contribution is -2.27. The second-order valence-electron chi connectivity index (χ2n) is 8.86. The van der Waals surface area contributed by atoms with E-state index in [9.17, 15) is 0 Å². The molecule has 0 aliphatic rings. The summed E-state index contributed by atoms with van der Waals surface area (Å²) in [4.78, 5) is 10.9. The third kappa shape index (κ3) is 5.38. The number of para-hydroxylation sites is 1. The van der Waals surface area contributed by atoms with Crippen LogP contribution in [0.1, 0.15) is 23.6 Å². The van der Waals surface area contributed by atoms with E-state index < -0.39 is 0 Å². The topological polar surface area (TPSA) is 41.1 Å². The van der Waals surface area contributed by atoms with Crippen LogP contribution in [0.4, 0.5) is 5.69 Å². The Morgan fingerprint density at radius 1 is 0.857 bits per heavy atom. The van der Waals surface area contributed by atoms with Crippen molar-refractivity contribution in [3.8, 4) is 17.1 Å². The Morgan fingerprint density at radius 3 is 2.37 bits per heavy atom. The maximum absolute atomic E-state index is 6.29. The number of aryl methyl sites for hydroxylation is 1. The molecule has 4 heteroatoms. The van der Waals surface area contributed by atoms with Gasteiger partial charge >= 0.3 is 0 Å².